The van der Waals surface area contributed by atoms with Crippen LogP contribution in [0.25, 0.3) is 44.5 Å². The van der Waals surface area contributed by atoms with E-state index >= 15 is 0 Å². The first-order chi connectivity index (χ1) is 31.5. The van der Waals surface area contributed by atoms with Crippen LogP contribution in [0.1, 0.15) is 74.9 Å². The van der Waals surface area contributed by atoms with Gasteiger partial charge >= 0.3 is 0 Å². The minimum Gasteiger partial charge on any atom is -0.310 e. The van der Waals surface area contributed by atoms with E-state index in [-0.39, 0.29) is 10.8 Å². The van der Waals surface area contributed by atoms with E-state index in [2.05, 4.69) is 247 Å². The van der Waals surface area contributed by atoms with E-state index in [0.29, 0.717) is 0 Å². The van der Waals surface area contributed by atoms with Gasteiger partial charge in [-0.1, -0.05) is 211 Å². The summed E-state index contributed by atoms with van der Waals surface area (Å²) in [5.74, 6) is 0. The van der Waals surface area contributed by atoms with Gasteiger partial charge in [0.1, 0.15) is 0 Å². The standard InChI is InChI=1S/C63H51NSi/c1-61(2,3)42-29-32-48-49-33-30-43(62(4,5)6)38-59(49)65(58(48)37-42)57-27-17-12-22-47(57)50-34-31-44(39-60(50)65)64-55-26-16-15-25-53(55)63(51-23-13-10-20-45(51)46-21-11-14-24-52(46)63)54-36-41(28-35-56(54)64)40-18-8-7-9-19-40/h7-39H,1-6H3. The van der Waals surface area contributed by atoms with E-state index in [1.807, 2.05) is 0 Å². The van der Waals surface area contributed by atoms with Crippen molar-refractivity contribution in [1.82, 2.24) is 0 Å². The van der Waals surface area contributed by atoms with E-state index < -0.39 is 13.5 Å². The van der Waals surface area contributed by atoms with Gasteiger partial charge in [0.15, 0.2) is 8.07 Å². The minimum atomic E-state index is -2.86. The molecular formula is C63H51NSi. The fraction of sp³-hybridized carbons (Fsp3) is 0.143. The number of rotatable bonds is 2. The zero-order valence-electron chi connectivity index (χ0n) is 38.0. The van der Waals surface area contributed by atoms with Crippen molar-refractivity contribution >= 4 is 45.9 Å². The van der Waals surface area contributed by atoms with Crippen molar-refractivity contribution in [2.45, 2.75) is 57.8 Å². The van der Waals surface area contributed by atoms with Crippen molar-refractivity contribution < 1.29 is 0 Å². The molecule has 0 bridgehead atoms. The number of fused-ring (bicyclic) bond motifs is 19. The van der Waals surface area contributed by atoms with Crippen LogP contribution >= 0.6 is 0 Å². The fourth-order valence-electron chi connectivity index (χ4n) is 12.4. The molecule has 0 unspecified atom stereocenters. The summed E-state index contributed by atoms with van der Waals surface area (Å²) in [6, 6.07) is 77.6. The molecule has 9 aromatic rings. The lowest BCUT2D eigenvalue weighted by atomic mass is 9.64. The minimum absolute atomic E-state index is 0.00598. The van der Waals surface area contributed by atoms with Crippen molar-refractivity contribution in [2.24, 2.45) is 0 Å². The van der Waals surface area contributed by atoms with Crippen LogP contribution in [-0.2, 0) is 16.2 Å². The van der Waals surface area contributed by atoms with Gasteiger partial charge in [0.05, 0.1) is 16.8 Å². The summed E-state index contributed by atoms with van der Waals surface area (Å²) in [6.07, 6.45) is 0. The van der Waals surface area contributed by atoms with Crippen LogP contribution < -0.4 is 25.6 Å². The van der Waals surface area contributed by atoms with Crippen molar-refractivity contribution in [3.05, 3.63) is 234 Å². The van der Waals surface area contributed by atoms with Crippen molar-refractivity contribution in [3.8, 4) is 44.5 Å². The Morgan fingerprint density at radius 3 is 1.43 bits per heavy atom. The molecule has 3 aliphatic heterocycles. The normalized spacial score (nSPS) is 15.1. The summed E-state index contributed by atoms with van der Waals surface area (Å²) in [6.45, 7) is 14.2. The Kier molecular flexibility index (Phi) is 7.86. The third kappa shape index (κ3) is 5.04. The second kappa shape index (κ2) is 13.3. The molecule has 0 fully saturated rings. The highest BCUT2D eigenvalue weighted by atomic mass is 28.3. The highest BCUT2D eigenvalue weighted by Crippen LogP contribution is 2.63. The van der Waals surface area contributed by atoms with E-state index in [1.165, 1.54) is 116 Å². The molecule has 0 saturated carbocycles. The van der Waals surface area contributed by atoms with E-state index in [0.717, 1.165) is 0 Å². The van der Waals surface area contributed by atoms with Crippen molar-refractivity contribution in [1.29, 1.82) is 0 Å². The fourth-order valence-corrected chi connectivity index (χ4v) is 18.1. The van der Waals surface area contributed by atoms with E-state index in [9.17, 15) is 0 Å². The van der Waals surface area contributed by atoms with Gasteiger partial charge in [-0.25, -0.2) is 0 Å². The zero-order chi connectivity index (χ0) is 44.0. The summed E-state index contributed by atoms with van der Waals surface area (Å²) in [5.41, 5.74) is 21.9. The number of para-hydroxylation sites is 1. The van der Waals surface area contributed by atoms with Crippen LogP contribution in [0.5, 0.6) is 0 Å². The van der Waals surface area contributed by atoms with Gasteiger partial charge in [-0.3, -0.25) is 0 Å². The molecule has 0 aromatic heterocycles. The first-order valence-corrected chi connectivity index (χ1v) is 25.3. The summed E-state index contributed by atoms with van der Waals surface area (Å²) >= 11 is 0. The van der Waals surface area contributed by atoms with Gasteiger partial charge in [0.25, 0.3) is 0 Å². The zero-order valence-corrected chi connectivity index (χ0v) is 39.0. The van der Waals surface area contributed by atoms with Gasteiger partial charge < -0.3 is 4.90 Å². The molecule has 2 spiro atoms. The third-order valence-corrected chi connectivity index (χ3v) is 20.3. The Balaban J connectivity index is 1.12. The summed E-state index contributed by atoms with van der Waals surface area (Å²) < 4.78 is 0. The first kappa shape index (κ1) is 38.5. The van der Waals surface area contributed by atoms with Crippen LogP contribution in [-0.4, -0.2) is 8.07 Å². The Hall–Kier alpha value is -7.00. The SMILES string of the molecule is CC(C)(C)c1ccc2c(c1)[Si]1(c3ccccc3-c3ccc(N4c5ccccc5C5(c6ccccc6-c6ccccc65)c5cc(-c6ccccc6)ccc54)cc31)c1cc(C(C)(C)C)ccc1-2. The molecule has 0 saturated heterocycles. The molecule has 0 amide bonds. The second-order valence-corrected chi connectivity index (χ2v) is 24.5. The second-order valence-electron chi connectivity index (χ2n) is 20.8. The molecule has 1 aliphatic carbocycles. The summed E-state index contributed by atoms with van der Waals surface area (Å²) in [7, 11) is -2.86. The highest BCUT2D eigenvalue weighted by molar-refractivity contribution is 7.24. The molecule has 4 aliphatic rings. The highest BCUT2D eigenvalue weighted by Gasteiger charge is 2.56. The lowest BCUT2D eigenvalue weighted by molar-refractivity contribution is 0.590. The van der Waals surface area contributed by atoms with Gasteiger partial charge in [-0.15, -0.1) is 0 Å². The summed E-state index contributed by atoms with van der Waals surface area (Å²) in [4.78, 5) is 2.60. The largest absolute Gasteiger partial charge is 0.310 e. The van der Waals surface area contributed by atoms with Crippen molar-refractivity contribution in [2.75, 3.05) is 4.90 Å². The molecular weight excluding hydrogens is 799 g/mol. The monoisotopic (exact) mass is 849 g/mol. The number of hydrogen-bond acceptors (Lipinski definition) is 1. The van der Waals surface area contributed by atoms with Gasteiger partial charge in [-0.2, -0.15) is 0 Å². The number of anilines is 3. The predicted molar refractivity (Wildman–Crippen MR) is 276 cm³/mol. The number of hydrogen-bond donors (Lipinski definition) is 0. The molecule has 2 heteroatoms. The Morgan fingerprint density at radius 2 is 0.815 bits per heavy atom. The molecule has 65 heavy (non-hydrogen) atoms. The maximum Gasteiger partial charge on any atom is 0.182 e. The Morgan fingerprint density at radius 1 is 0.338 bits per heavy atom. The molecule has 13 rings (SSSR count). The quantitative estimate of drug-likeness (QED) is 0.157. The molecule has 0 N–H and O–H groups in total. The predicted octanol–water partition coefficient (Wildman–Crippen LogP) is 13.4. The number of benzene rings is 9. The van der Waals surface area contributed by atoms with Crippen LogP contribution in [0, 0.1) is 0 Å². The first-order valence-electron chi connectivity index (χ1n) is 23.3. The molecule has 1 nitrogen and oxygen atoms in total. The Bertz CT molecular complexity index is 3360. The van der Waals surface area contributed by atoms with Crippen LogP contribution in [0.15, 0.2) is 200 Å². The average molecular weight is 850 g/mol. The third-order valence-electron chi connectivity index (χ3n) is 15.4. The van der Waals surface area contributed by atoms with Crippen molar-refractivity contribution in [3.63, 3.8) is 0 Å². The van der Waals surface area contributed by atoms with Crippen LogP contribution in [0.4, 0.5) is 17.1 Å². The lowest BCUT2D eigenvalue weighted by Crippen LogP contribution is -2.71. The maximum atomic E-state index is 2.63. The molecule has 3 heterocycles. The smallest absolute Gasteiger partial charge is 0.182 e. The topological polar surface area (TPSA) is 3.24 Å². The van der Waals surface area contributed by atoms with Crippen LogP contribution in [0.2, 0.25) is 0 Å². The molecule has 0 atom stereocenters. The maximum absolute atomic E-state index is 2.86. The van der Waals surface area contributed by atoms with E-state index in [4.69, 9.17) is 0 Å². The van der Waals surface area contributed by atoms with Crippen LogP contribution in [0.3, 0.4) is 0 Å². The molecule has 9 aromatic carbocycles. The summed E-state index contributed by atoms with van der Waals surface area (Å²) in [5, 5.41) is 6.05. The molecule has 312 valence electrons. The van der Waals surface area contributed by atoms with Gasteiger partial charge in [-0.05, 0) is 140 Å². The molecule has 0 radical (unpaired) electrons. The lowest BCUT2D eigenvalue weighted by Gasteiger charge is -2.45. The number of nitrogens with zero attached hydrogens (tertiary/aromatic N) is 1. The Labute approximate surface area is 384 Å². The van der Waals surface area contributed by atoms with Gasteiger partial charge in [0.2, 0.25) is 0 Å². The van der Waals surface area contributed by atoms with E-state index in [1.54, 1.807) is 0 Å². The average Bonchev–Trinajstić information content (AvgIpc) is 3.91. The van der Waals surface area contributed by atoms with Gasteiger partial charge in [0, 0.05) is 5.69 Å².